The molecule has 7 heteroatoms. The Morgan fingerprint density at radius 1 is 1.40 bits per heavy atom. The highest BCUT2D eigenvalue weighted by Crippen LogP contribution is 2.20. The first-order chi connectivity index (χ1) is 9.56. The molecule has 0 amide bonds. The van der Waals surface area contributed by atoms with Gasteiger partial charge < -0.3 is 15.4 Å². The van der Waals surface area contributed by atoms with Crippen molar-refractivity contribution >= 4 is 17.3 Å². The Morgan fingerprint density at radius 3 is 2.60 bits per heavy atom. The SMILES string of the molecule is CCCNc1cc([N+](=O)[O-])cc(NCC(C)COC)n1. The van der Waals surface area contributed by atoms with Crippen molar-refractivity contribution in [3.05, 3.63) is 22.2 Å². The van der Waals surface area contributed by atoms with Gasteiger partial charge in [0.15, 0.2) is 0 Å². The lowest BCUT2D eigenvalue weighted by Crippen LogP contribution is -2.17. The molecular weight excluding hydrogens is 260 g/mol. The number of pyridine rings is 1. The summed E-state index contributed by atoms with van der Waals surface area (Å²) in [6.07, 6.45) is 0.929. The molecule has 20 heavy (non-hydrogen) atoms. The number of methoxy groups -OCH3 is 1. The summed E-state index contributed by atoms with van der Waals surface area (Å²) in [5.74, 6) is 1.32. The van der Waals surface area contributed by atoms with E-state index in [-0.39, 0.29) is 5.69 Å². The summed E-state index contributed by atoms with van der Waals surface area (Å²) in [7, 11) is 1.65. The van der Waals surface area contributed by atoms with Gasteiger partial charge in [-0.1, -0.05) is 13.8 Å². The van der Waals surface area contributed by atoms with Crippen molar-refractivity contribution in [2.24, 2.45) is 5.92 Å². The number of nitrogens with zero attached hydrogens (tertiary/aromatic N) is 2. The zero-order valence-electron chi connectivity index (χ0n) is 12.2. The number of hydrogen-bond acceptors (Lipinski definition) is 6. The Hall–Kier alpha value is -1.89. The highest BCUT2D eigenvalue weighted by molar-refractivity contribution is 5.54. The van der Waals surface area contributed by atoms with Gasteiger partial charge in [-0.15, -0.1) is 0 Å². The normalized spacial score (nSPS) is 11.9. The molecule has 1 atom stereocenters. The van der Waals surface area contributed by atoms with E-state index >= 15 is 0 Å². The second-order valence-corrected chi connectivity index (χ2v) is 4.72. The predicted octanol–water partition coefficient (Wildman–Crippen LogP) is 2.51. The summed E-state index contributed by atoms with van der Waals surface area (Å²) in [6, 6.07) is 2.88. The number of ether oxygens (including phenoxy) is 1. The summed E-state index contributed by atoms with van der Waals surface area (Å²) in [6.45, 7) is 6.06. The van der Waals surface area contributed by atoms with E-state index in [1.54, 1.807) is 7.11 Å². The number of nitrogens with one attached hydrogen (secondary N) is 2. The fourth-order valence-electron chi connectivity index (χ4n) is 1.68. The molecule has 1 aromatic heterocycles. The molecule has 0 saturated heterocycles. The van der Waals surface area contributed by atoms with Crippen molar-refractivity contribution in [1.82, 2.24) is 4.98 Å². The number of nitro groups is 1. The van der Waals surface area contributed by atoms with Crippen LogP contribution in [-0.2, 0) is 4.74 Å². The van der Waals surface area contributed by atoms with Gasteiger partial charge in [0.2, 0.25) is 0 Å². The third-order valence-electron chi connectivity index (χ3n) is 2.66. The summed E-state index contributed by atoms with van der Waals surface area (Å²) >= 11 is 0. The van der Waals surface area contributed by atoms with Crippen LogP contribution in [0, 0.1) is 16.0 Å². The Balaban J connectivity index is 2.77. The Kier molecular flexibility index (Phi) is 6.72. The van der Waals surface area contributed by atoms with Gasteiger partial charge >= 0.3 is 0 Å². The molecule has 0 aliphatic rings. The van der Waals surface area contributed by atoms with Crippen LogP contribution in [0.25, 0.3) is 0 Å². The van der Waals surface area contributed by atoms with Gasteiger partial charge in [-0.2, -0.15) is 0 Å². The number of rotatable bonds is 9. The molecule has 7 nitrogen and oxygen atoms in total. The molecule has 0 aliphatic heterocycles. The standard InChI is InChI=1S/C13H22N4O3/c1-4-5-14-12-6-11(17(18)19)7-13(16-12)15-8-10(2)9-20-3/h6-7,10H,4-5,8-9H2,1-3H3,(H2,14,15,16). The number of hydrogen-bond donors (Lipinski definition) is 2. The predicted molar refractivity (Wildman–Crippen MR) is 79.2 cm³/mol. The van der Waals surface area contributed by atoms with Crippen LogP contribution in [0.5, 0.6) is 0 Å². The second kappa shape index (κ2) is 8.31. The van der Waals surface area contributed by atoms with Crippen molar-refractivity contribution in [3.8, 4) is 0 Å². The van der Waals surface area contributed by atoms with Crippen LogP contribution in [0.1, 0.15) is 20.3 Å². The first kappa shape index (κ1) is 16.2. The zero-order chi connectivity index (χ0) is 15.0. The maximum Gasteiger partial charge on any atom is 0.276 e. The van der Waals surface area contributed by atoms with Crippen LogP contribution < -0.4 is 10.6 Å². The fraction of sp³-hybridized carbons (Fsp3) is 0.615. The molecule has 0 fully saturated rings. The van der Waals surface area contributed by atoms with Crippen molar-refractivity contribution in [3.63, 3.8) is 0 Å². The smallest absolute Gasteiger partial charge is 0.276 e. The molecule has 0 spiro atoms. The Bertz CT molecular complexity index is 440. The van der Waals surface area contributed by atoms with Crippen molar-refractivity contribution < 1.29 is 9.66 Å². The molecule has 0 aromatic carbocycles. The van der Waals surface area contributed by atoms with Gasteiger partial charge in [0.1, 0.15) is 11.6 Å². The molecule has 112 valence electrons. The lowest BCUT2D eigenvalue weighted by Gasteiger charge is -2.13. The number of anilines is 2. The fourth-order valence-corrected chi connectivity index (χ4v) is 1.68. The highest BCUT2D eigenvalue weighted by atomic mass is 16.6. The molecule has 1 aromatic rings. The molecule has 0 saturated carbocycles. The molecular formula is C13H22N4O3. The quantitative estimate of drug-likeness (QED) is 0.534. The summed E-state index contributed by atoms with van der Waals surface area (Å²) in [5, 5.41) is 17.1. The van der Waals surface area contributed by atoms with E-state index < -0.39 is 4.92 Å². The Labute approximate surface area is 118 Å². The summed E-state index contributed by atoms with van der Waals surface area (Å²) < 4.78 is 5.05. The van der Waals surface area contributed by atoms with Gasteiger partial charge in [0.25, 0.3) is 5.69 Å². The maximum absolute atomic E-state index is 10.9. The largest absolute Gasteiger partial charge is 0.384 e. The Morgan fingerprint density at radius 2 is 2.05 bits per heavy atom. The third kappa shape index (κ3) is 5.40. The molecule has 1 unspecified atom stereocenters. The van der Waals surface area contributed by atoms with Crippen LogP contribution in [0.15, 0.2) is 12.1 Å². The van der Waals surface area contributed by atoms with Gasteiger partial charge in [-0.05, 0) is 12.3 Å². The average molecular weight is 282 g/mol. The lowest BCUT2D eigenvalue weighted by molar-refractivity contribution is -0.384. The summed E-state index contributed by atoms with van der Waals surface area (Å²) in [5.41, 5.74) is 0.0282. The highest BCUT2D eigenvalue weighted by Gasteiger charge is 2.11. The van der Waals surface area contributed by atoms with E-state index in [1.165, 1.54) is 12.1 Å². The first-order valence-electron chi connectivity index (χ1n) is 6.70. The molecule has 1 heterocycles. The first-order valence-corrected chi connectivity index (χ1v) is 6.70. The third-order valence-corrected chi connectivity index (χ3v) is 2.66. The topological polar surface area (TPSA) is 89.3 Å². The van der Waals surface area contributed by atoms with Gasteiger partial charge in [-0.25, -0.2) is 4.98 Å². The van der Waals surface area contributed by atoms with Crippen LogP contribution in [0.3, 0.4) is 0 Å². The minimum absolute atomic E-state index is 0.0282. The monoisotopic (exact) mass is 282 g/mol. The van der Waals surface area contributed by atoms with Gasteiger partial charge in [-0.3, -0.25) is 10.1 Å². The van der Waals surface area contributed by atoms with E-state index in [1.807, 2.05) is 13.8 Å². The van der Waals surface area contributed by atoms with E-state index in [9.17, 15) is 10.1 Å². The van der Waals surface area contributed by atoms with Crippen LogP contribution in [0.4, 0.5) is 17.3 Å². The minimum Gasteiger partial charge on any atom is -0.384 e. The van der Waals surface area contributed by atoms with E-state index in [4.69, 9.17) is 4.74 Å². The minimum atomic E-state index is -0.414. The average Bonchev–Trinajstić information content (AvgIpc) is 2.43. The lowest BCUT2D eigenvalue weighted by atomic mass is 10.2. The van der Waals surface area contributed by atoms with Crippen LogP contribution >= 0.6 is 0 Å². The van der Waals surface area contributed by atoms with Gasteiger partial charge in [0.05, 0.1) is 23.7 Å². The molecule has 0 bridgehead atoms. The van der Waals surface area contributed by atoms with E-state index in [0.717, 1.165) is 13.0 Å². The van der Waals surface area contributed by atoms with Crippen LogP contribution in [-0.4, -0.2) is 36.7 Å². The van der Waals surface area contributed by atoms with E-state index in [2.05, 4.69) is 15.6 Å². The van der Waals surface area contributed by atoms with E-state index in [0.29, 0.717) is 30.7 Å². The molecule has 0 radical (unpaired) electrons. The zero-order valence-corrected chi connectivity index (χ0v) is 12.2. The molecule has 1 rings (SSSR count). The van der Waals surface area contributed by atoms with Crippen molar-refractivity contribution in [1.29, 1.82) is 0 Å². The van der Waals surface area contributed by atoms with Crippen molar-refractivity contribution in [2.75, 3.05) is 37.4 Å². The van der Waals surface area contributed by atoms with Crippen LogP contribution in [0.2, 0.25) is 0 Å². The molecule has 0 aliphatic carbocycles. The summed E-state index contributed by atoms with van der Waals surface area (Å²) in [4.78, 5) is 14.8. The second-order valence-electron chi connectivity index (χ2n) is 4.72. The van der Waals surface area contributed by atoms with Crippen molar-refractivity contribution in [2.45, 2.75) is 20.3 Å². The van der Waals surface area contributed by atoms with Gasteiger partial charge in [0, 0.05) is 20.2 Å². The molecule has 2 N–H and O–H groups in total. The maximum atomic E-state index is 10.9. The number of aromatic nitrogens is 1.